The summed E-state index contributed by atoms with van der Waals surface area (Å²) in [6, 6.07) is 14.5. The number of ether oxygens (including phenoxy) is 2. The summed E-state index contributed by atoms with van der Waals surface area (Å²) in [5, 5.41) is 5.33. The van der Waals surface area contributed by atoms with Gasteiger partial charge in [-0.05, 0) is 35.4 Å². The summed E-state index contributed by atoms with van der Waals surface area (Å²) >= 11 is 0. The molecule has 0 aromatic heterocycles. The number of carbonyl (C=O) groups excluding carboxylic acids is 3. The normalized spacial score (nSPS) is 10.1. The number of carbonyl (C=O) groups is 3. The topological polar surface area (TPSA) is 93.7 Å². The van der Waals surface area contributed by atoms with Gasteiger partial charge in [0.1, 0.15) is 11.5 Å². The number of hydrogen-bond donors (Lipinski definition) is 2. The average Bonchev–Trinajstić information content (AvgIpc) is 2.71. The third-order valence-corrected chi connectivity index (χ3v) is 4.01. The minimum atomic E-state index is -0.431. The molecule has 28 heavy (non-hydrogen) atoms. The molecule has 0 atom stereocenters. The lowest BCUT2D eigenvalue weighted by atomic mass is 10.1. The number of ketones is 1. The van der Waals surface area contributed by atoms with Crippen molar-refractivity contribution in [1.82, 2.24) is 10.6 Å². The maximum Gasteiger partial charge on any atom is 0.227 e. The fourth-order valence-electron chi connectivity index (χ4n) is 2.43. The third-order valence-electron chi connectivity index (χ3n) is 4.01. The van der Waals surface area contributed by atoms with E-state index in [9.17, 15) is 14.4 Å². The van der Waals surface area contributed by atoms with Crippen molar-refractivity contribution in [3.63, 3.8) is 0 Å². The van der Waals surface area contributed by atoms with Crippen molar-refractivity contribution in [2.75, 3.05) is 14.2 Å². The summed E-state index contributed by atoms with van der Waals surface area (Å²) in [5.74, 6) is 0.198. The number of amides is 2. The first-order chi connectivity index (χ1) is 13.5. The highest BCUT2D eigenvalue weighted by Gasteiger charge is 2.13. The van der Waals surface area contributed by atoms with Crippen molar-refractivity contribution in [1.29, 1.82) is 0 Å². The van der Waals surface area contributed by atoms with Crippen LogP contribution in [0.5, 0.6) is 11.5 Å². The van der Waals surface area contributed by atoms with Gasteiger partial charge >= 0.3 is 0 Å². The van der Waals surface area contributed by atoms with E-state index in [1.807, 2.05) is 24.3 Å². The molecule has 0 aliphatic carbocycles. The molecule has 2 aromatic carbocycles. The lowest BCUT2D eigenvalue weighted by molar-refractivity contribution is -0.131. The van der Waals surface area contributed by atoms with Crippen LogP contribution in [0.4, 0.5) is 0 Å². The fraction of sp³-hybridized carbons (Fsp3) is 0.286. The largest absolute Gasteiger partial charge is 0.497 e. The van der Waals surface area contributed by atoms with E-state index in [0.717, 1.165) is 22.6 Å². The Bertz CT molecular complexity index is 733. The van der Waals surface area contributed by atoms with E-state index < -0.39 is 17.6 Å². The molecule has 0 saturated carbocycles. The second kappa shape index (κ2) is 10.7. The zero-order chi connectivity index (χ0) is 20.4. The van der Waals surface area contributed by atoms with Crippen LogP contribution in [0, 0.1) is 0 Å². The van der Waals surface area contributed by atoms with Crippen molar-refractivity contribution in [3.05, 3.63) is 59.7 Å². The SMILES string of the molecule is COc1ccc(CNC(=O)CC(=O)CC(=O)NCc2ccc(OC)cc2)cc1. The Balaban J connectivity index is 1.68. The molecule has 0 fully saturated rings. The van der Waals surface area contributed by atoms with Crippen LogP contribution in [0.25, 0.3) is 0 Å². The molecular weight excluding hydrogens is 360 g/mol. The summed E-state index contributed by atoms with van der Waals surface area (Å²) in [6.45, 7) is 0.611. The molecule has 7 nitrogen and oxygen atoms in total. The van der Waals surface area contributed by atoms with Crippen LogP contribution < -0.4 is 20.1 Å². The first-order valence-corrected chi connectivity index (χ1v) is 8.81. The van der Waals surface area contributed by atoms with E-state index in [0.29, 0.717) is 13.1 Å². The number of hydrogen-bond acceptors (Lipinski definition) is 5. The molecule has 7 heteroatoms. The highest BCUT2D eigenvalue weighted by molar-refractivity contribution is 6.06. The molecule has 2 aromatic rings. The Hall–Kier alpha value is -3.35. The standard InChI is InChI=1S/C21H24N2O5/c1-27-18-7-3-15(4-8-18)13-22-20(25)11-17(24)12-21(26)23-14-16-5-9-19(28-2)10-6-16/h3-10H,11-14H2,1-2H3,(H,22,25)(H,23,26). The molecule has 0 spiro atoms. The molecule has 0 unspecified atom stereocenters. The van der Waals surface area contributed by atoms with Crippen LogP contribution in [-0.2, 0) is 27.5 Å². The number of benzene rings is 2. The predicted octanol–water partition coefficient (Wildman–Crippen LogP) is 1.99. The zero-order valence-electron chi connectivity index (χ0n) is 16.0. The number of Topliss-reactive ketones (excluding diaryl/α,β-unsaturated/α-hetero) is 1. The minimum Gasteiger partial charge on any atom is -0.497 e. The second-order valence-electron chi connectivity index (χ2n) is 6.14. The van der Waals surface area contributed by atoms with Gasteiger partial charge in [0.2, 0.25) is 11.8 Å². The summed E-state index contributed by atoms with van der Waals surface area (Å²) in [6.07, 6.45) is -0.655. The summed E-state index contributed by atoms with van der Waals surface area (Å²) in [7, 11) is 3.16. The Kier molecular flexibility index (Phi) is 8.02. The molecule has 2 amide bonds. The summed E-state index contributed by atoms with van der Waals surface area (Å²) in [4.78, 5) is 35.6. The van der Waals surface area contributed by atoms with E-state index in [1.165, 1.54) is 0 Å². The van der Waals surface area contributed by atoms with Gasteiger partial charge in [-0.2, -0.15) is 0 Å². The van der Waals surface area contributed by atoms with Crippen LogP contribution in [0.15, 0.2) is 48.5 Å². The van der Waals surface area contributed by atoms with Crippen LogP contribution >= 0.6 is 0 Å². The molecule has 0 radical (unpaired) electrons. The molecule has 2 rings (SSSR count). The first kappa shape index (κ1) is 21.0. The molecule has 0 aliphatic heterocycles. The van der Waals surface area contributed by atoms with Crippen molar-refractivity contribution >= 4 is 17.6 Å². The zero-order valence-corrected chi connectivity index (χ0v) is 16.0. The van der Waals surface area contributed by atoms with Crippen LogP contribution in [0.3, 0.4) is 0 Å². The van der Waals surface area contributed by atoms with Gasteiger partial charge < -0.3 is 20.1 Å². The molecule has 0 heterocycles. The highest BCUT2D eigenvalue weighted by atomic mass is 16.5. The van der Waals surface area contributed by atoms with Crippen LogP contribution in [-0.4, -0.2) is 31.8 Å². The third kappa shape index (κ3) is 7.11. The fourth-order valence-corrected chi connectivity index (χ4v) is 2.43. The Morgan fingerprint density at radius 2 is 1.04 bits per heavy atom. The first-order valence-electron chi connectivity index (χ1n) is 8.81. The van der Waals surface area contributed by atoms with Gasteiger partial charge in [-0.15, -0.1) is 0 Å². The van der Waals surface area contributed by atoms with Gasteiger partial charge in [-0.1, -0.05) is 24.3 Å². The monoisotopic (exact) mass is 384 g/mol. The van der Waals surface area contributed by atoms with E-state index in [-0.39, 0.29) is 12.8 Å². The average molecular weight is 384 g/mol. The van der Waals surface area contributed by atoms with Gasteiger partial charge in [0.15, 0.2) is 5.78 Å². The van der Waals surface area contributed by atoms with Gasteiger partial charge in [0, 0.05) is 13.1 Å². The van der Waals surface area contributed by atoms with Crippen molar-refractivity contribution < 1.29 is 23.9 Å². The van der Waals surface area contributed by atoms with Crippen molar-refractivity contribution in [3.8, 4) is 11.5 Å². The van der Waals surface area contributed by atoms with E-state index in [2.05, 4.69) is 10.6 Å². The molecule has 2 N–H and O–H groups in total. The maximum absolute atomic E-state index is 11.9. The van der Waals surface area contributed by atoms with Gasteiger partial charge in [0.25, 0.3) is 0 Å². The van der Waals surface area contributed by atoms with Gasteiger partial charge in [-0.3, -0.25) is 14.4 Å². The second-order valence-corrected chi connectivity index (χ2v) is 6.14. The van der Waals surface area contributed by atoms with E-state index in [4.69, 9.17) is 9.47 Å². The highest BCUT2D eigenvalue weighted by Crippen LogP contribution is 2.12. The lowest BCUT2D eigenvalue weighted by Crippen LogP contribution is -2.29. The number of rotatable bonds is 10. The Morgan fingerprint density at radius 3 is 1.36 bits per heavy atom. The van der Waals surface area contributed by atoms with Gasteiger partial charge in [0.05, 0.1) is 27.1 Å². The minimum absolute atomic E-state index is 0.305. The van der Waals surface area contributed by atoms with E-state index >= 15 is 0 Å². The maximum atomic E-state index is 11.9. The van der Waals surface area contributed by atoms with Gasteiger partial charge in [-0.25, -0.2) is 0 Å². The number of nitrogens with one attached hydrogen (secondary N) is 2. The Labute approximate surface area is 164 Å². The number of methoxy groups -OCH3 is 2. The quantitative estimate of drug-likeness (QED) is 0.611. The van der Waals surface area contributed by atoms with Crippen LogP contribution in [0.2, 0.25) is 0 Å². The van der Waals surface area contributed by atoms with Crippen LogP contribution in [0.1, 0.15) is 24.0 Å². The summed E-state index contributed by atoms with van der Waals surface area (Å²) < 4.78 is 10.1. The Morgan fingerprint density at radius 1 is 0.679 bits per heavy atom. The smallest absolute Gasteiger partial charge is 0.227 e. The van der Waals surface area contributed by atoms with Crippen molar-refractivity contribution in [2.45, 2.75) is 25.9 Å². The molecular formula is C21H24N2O5. The molecule has 0 bridgehead atoms. The summed E-state index contributed by atoms with van der Waals surface area (Å²) in [5.41, 5.74) is 1.78. The lowest BCUT2D eigenvalue weighted by Gasteiger charge is -2.07. The molecule has 0 saturated heterocycles. The predicted molar refractivity (Wildman–Crippen MR) is 104 cm³/mol. The van der Waals surface area contributed by atoms with E-state index in [1.54, 1.807) is 38.5 Å². The van der Waals surface area contributed by atoms with Crippen molar-refractivity contribution in [2.24, 2.45) is 0 Å². The molecule has 0 aliphatic rings. The molecule has 148 valence electrons.